The van der Waals surface area contributed by atoms with Crippen molar-refractivity contribution in [1.82, 2.24) is 4.90 Å². The maximum absolute atomic E-state index is 13.8. The molecule has 0 atom stereocenters. The van der Waals surface area contributed by atoms with E-state index in [1.807, 2.05) is 6.07 Å². The van der Waals surface area contributed by atoms with Crippen LogP contribution in [0.5, 0.6) is 0 Å². The normalized spacial score (nSPS) is 14.1. The Labute approximate surface area is 162 Å². The van der Waals surface area contributed by atoms with Crippen molar-refractivity contribution in [2.75, 3.05) is 30.4 Å². The van der Waals surface area contributed by atoms with Gasteiger partial charge in [0.2, 0.25) is 0 Å². The van der Waals surface area contributed by atoms with Crippen molar-refractivity contribution >= 4 is 29.0 Å². The van der Waals surface area contributed by atoms with Crippen LogP contribution >= 0.6 is 11.6 Å². The summed E-state index contributed by atoms with van der Waals surface area (Å²) in [7, 11) is 1.54. The van der Waals surface area contributed by atoms with Gasteiger partial charge >= 0.3 is 6.03 Å². The molecule has 144 valence electrons. The van der Waals surface area contributed by atoms with E-state index in [9.17, 15) is 13.6 Å². The molecule has 0 aromatic heterocycles. The Balaban J connectivity index is 1.63. The first-order valence-electron chi connectivity index (χ1n) is 8.94. The monoisotopic (exact) mass is 393 g/mol. The molecule has 1 aliphatic rings. The van der Waals surface area contributed by atoms with Gasteiger partial charge in [0.15, 0.2) is 0 Å². The highest BCUT2D eigenvalue weighted by Crippen LogP contribution is 2.31. The largest absolute Gasteiger partial charge is 0.370 e. The number of hydrogen-bond acceptors (Lipinski definition) is 2. The highest BCUT2D eigenvalue weighted by Gasteiger charge is 2.16. The third-order valence-electron chi connectivity index (χ3n) is 4.67. The van der Waals surface area contributed by atoms with Crippen molar-refractivity contribution in [1.29, 1.82) is 0 Å². The summed E-state index contributed by atoms with van der Waals surface area (Å²) in [6, 6.07) is 8.33. The topological polar surface area (TPSA) is 35.6 Å². The number of rotatable bonds is 4. The molecular weight excluding hydrogens is 372 g/mol. The molecule has 1 fully saturated rings. The summed E-state index contributed by atoms with van der Waals surface area (Å²) in [5.41, 5.74) is 1.78. The van der Waals surface area contributed by atoms with Crippen molar-refractivity contribution in [3.05, 3.63) is 58.6 Å². The average molecular weight is 394 g/mol. The lowest BCUT2D eigenvalue weighted by atomic mass is 10.1. The quantitative estimate of drug-likeness (QED) is 0.767. The Morgan fingerprint density at radius 3 is 2.56 bits per heavy atom. The van der Waals surface area contributed by atoms with Crippen LogP contribution in [0.15, 0.2) is 36.4 Å². The summed E-state index contributed by atoms with van der Waals surface area (Å²) >= 11 is 6.40. The highest BCUT2D eigenvalue weighted by molar-refractivity contribution is 6.33. The Morgan fingerprint density at radius 2 is 1.89 bits per heavy atom. The number of amides is 2. The van der Waals surface area contributed by atoms with Gasteiger partial charge < -0.3 is 15.1 Å². The fourth-order valence-corrected chi connectivity index (χ4v) is 3.47. The van der Waals surface area contributed by atoms with Gasteiger partial charge in [-0.2, -0.15) is 0 Å². The van der Waals surface area contributed by atoms with Crippen LogP contribution in [0.1, 0.15) is 24.8 Å². The van der Waals surface area contributed by atoms with E-state index in [0.29, 0.717) is 10.7 Å². The Kier molecular flexibility index (Phi) is 6.16. The van der Waals surface area contributed by atoms with Crippen LogP contribution < -0.4 is 10.2 Å². The van der Waals surface area contributed by atoms with Gasteiger partial charge in [0.05, 0.1) is 10.7 Å². The smallest absolute Gasteiger partial charge is 0.321 e. The van der Waals surface area contributed by atoms with E-state index < -0.39 is 17.7 Å². The molecule has 0 spiro atoms. The van der Waals surface area contributed by atoms with Crippen LogP contribution in [0.4, 0.5) is 25.0 Å². The van der Waals surface area contributed by atoms with E-state index in [1.165, 1.54) is 23.5 Å². The van der Waals surface area contributed by atoms with E-state index in [0.717, 1.165) is 37.7 Å². The zero-order chi connectivity index (χ0) is 19.4. The Hall–Kier alpha value is -2.34. The maximum Gasteiger partial charge on any atom is 0.321 e. The molecule has 7 heteroatoms. The van der Waals surface area contributed by atoms with Gasteiger partial charge in [0.25, 0.3) is 0 Å². The van der Waals surface area contributed by atoms with Crippen LogP contribution in [0, 0.1) is 11.6 Å². The lowest BCUT2D eigenvalue weighted by Crippen LogP contribution is -2.31. The fraction of sp³-hybridized carbons (Fsp3) is 0.350. The number of benzene rings is 2. The number of urea groups is 1. The molecule has 1 N–H and O–H groups in total. The zero-order valence-electron chi connectivity index (χ0n) is 15.1. The lowest BCUT2D eigenvalue weighted by molar-refractivity contribution is 0.220. The first kappa shape index (κ1) is 19.4. The zero-order valence-corrected chi connectivity index (χ0v) is 15.9. The summed E-state index contributed by atoms with van der Waals surface area (Å²) in [5.74, 6) is -1.32. The number of carbonyl (C=O) groups is 1. The third kappa shape index (κ3) is 4.89. The van der Waals surface area contributed by atoms with E-state index in [2.05, 4.69) is 10.2 Å². The molecule has 0 unspecified atom stereocenters. The molecule has 27 heavy (non-hydrogen) atoms. The minimum Gasteiger partial charge on any atom is -0.370 e. The second-order valence-corrected chi connectivity index (χ2v) is 7.14. The highest BCUT2D eigenvalue weighted by atomic mass is 35.5. The summed E-state index contributed by atoms with van der Waals surface area (Å²) < 4.78 is 26.7. The number of halogens is 3. The van der Waals surface area contributed by atoms with Gasteiger partial charge in [0.1, 0.15) is 11.6 Å². The Bertz CT molecular complexity index is 825. The second kappa shape index (κ2) is 8.57. The molecule has 1 heterocycles. The van der Waals surface area contributed by atoms with Crippen LogP contribution in [0.25, 0.3) is 0 Å². The molecule has 2 amide bonds. The molecule has 0 radical (unpaired) electrons. The van der Waals surface area contributed by atoms with Gasteiger partial charge in [0, 0.05) is 44.0 Å². The van der Waals surface area contributed by atoms with Crippen molar-refractivity contribution in [2.24, 2.45) is 0 Å². The van der Waals surface area contributed by atoms with E-state index in [4.69, 9.17) is 11.6 Å². The molecule has 1 aliphatic heterocycles. The second-order valence-electron chi connectivity index (χ2n) is 6.74. The number of nitrogens with one attached hydrogen (secondary N) is 1. The van der Waals surface area contributed by atoms with E-state index in [1.54, 1.807) is 19.2 Å². The van der Waals surface area contributed by atoms with Gasteiger partial charge in [-0.15, -0.1) is 0 Å². The average Bonchev–Trinajstić information content (AvgIpc) is 2.64. The molecule has 3 rings (SSSR count). The predicted octanol–water partition coefficient (Wildman–Crippen LogP) is 5.27. The van der Waals surface area contributed by atoms with Crippen molar-refractivity contribution in [3.8, 4) is 0 Å². The number of hydrogen-bond donors (Lipinski definition) is 1. The summed E-state index contributed by atoms with van der Waals surface area (Å²) in [5, 5.41) is 3.34. The first-order chi connectivity index (χ1) is 12.9. The van der Waals surface area contributed by atoms with Crippen LogP contribution in [-0.4, -0.2) is 31.1 Å². The molecule has 4 nitrogen and oxygen atoms in total. The van der Waals surface area contributed by atoms with Crippen LogP contribution in [-0.2, 0) is 6.54 Å². The minimum absolute atomic E-state index is 0.0253. The Morgan fingerprint density at radius 1 is 1.15 bits per heavy atom. The standard InChI is InChI=1S/C20H22ClF2N3O/c1-25(13-14-5-6-15(22)11-18(14)23)20(27)24-16-7-8-19(17(21)12-16)26-9-3-2-4-10-26/h5-8,11-12H,2-4,9-10,13H2,1H3,(H,24,27). The number of nitrogens with zero attached hydrogens (tertiary/aromatic N) is 2. The number of anilines is 2. The molecule has 2 aromatic carbocycles. The van der Waals surface area contributed by atoms with Gasteiger partial charge in [-0.05, 0) is 43.5 Å². The van der Waals surface area contributed by atoms with Crippen molar-refractivity contribution in [3.63, 3.8) is 0 Å². The maximum atomic E-state index is 13.8. The summed E-state index contributed by atoms with van der Waals surface area (Å²) in [6.45, 7) is 1.99. The summed E-state index contributed by atoms with van der Waals surface area (Å²) in [4.78, 5) is 15.9. The van der Waals surface area contributed by atoms with Gasteiger partial charge in [-0.25, -0.2) is 13.6 Å². The molecule has 0 aliphatic carbocycles. The van der Waals surface area contributed by atoms with Crippen LogP contribution in [0.3, 0.4) is 0 Å². The lowest BCUT2D eigenvalue weighted by Gasteiger charge is -2.29. The predicted molar refractivity (Wildman–Crippen MR) is 104 cm³/mol. The fourth-order valence-electron chi connectivity index (χ4n) is 3.17. The first-order valence-corrected chi connectivity index (χ1v) is 9.32. The van der Waals surface area contributed by atoms with E-state index >= 15 is 0 Å². The van der Waals surface area contributed by atoms with Crippen LogP contribution in [0.2, 0.25) is 5.02 Å². The molecule has 0 bridgehead atoms. The van der Waals surface area contributed by atoms with Gasteiger partial charge in [-0.3, -0.25) is 0 Å². The minimum atomic E-state index is -0.677. The SMILES string of the molecule is CN(Cc1ccc(F)cc1F)C(=O)Nc1ccc(N2CCCCC2)c(Cl)c1. The summed E-state index contributed by atoms with van der Waals surface area (Å²) in [6.07, 6.45) is 3.54. The molecule has 2 aromatic rings. The third-order valence-corrected chi connectivity index (χ3v) is 4.97. The van der Waals surface area contributed by atoms with E-state index in [-0.39, 0.29) is 12.1 Å². The molecule has 0 saturated carbocycles. The van der Waals surface area contributed by atoms with Gasteiger partial charge in [-0.1, -0.05) is 17.7 Å². The van der Waals surface area contributed by atoms with Crippen molar-refractivity contribution in [2.45, 2.75) is 25.8 Å². The number of carbonyl (C=O) groups excluding carboxylic acids is 1. The molecular formula is C20H22ClF2N3O. The molecule has 1 saturated heterocycles. The number of piperidine rings is 1. The van der Waals surface area contributed by atoms with Crippen molar-refractivity contribution < 1.29 is 13.6 Å².